The third kappa shape index (κ3) is 3.87. The van der Waals surface area contributed by atoms with Crippen LogP contribution in [0.1, 0.15) is 28.1 Å². The van der Waals surface area contributed by atoms with Crippen LogP contribution in [0.2, 0.25) is 0 Å². The Labute approximate surface area is 216 Å². The first-order chi connectivity index (χ1) is 17.8. The number of aromatic nitrogens is 2. The average Bonchev–Trinajstić information content (AvgIpc) is 3.47. The van der Waals surface area contributed by atoms with Gasteiger partial charge in [-0.25, -0.2) is 24.1 Å². The zero-order valence-corrected chi connectivity index (χ0v) is 21.1. The predicted molar refractivity (Wildman–Crippen MR) is 136 cm³/mol. The lowest BCUT2D eigenvalue weighted by molar-refractivity contribution is 0.0688. The van der Waals surface area contributed by atoms with Crippen molar-refractivity contribution in [3.05, 3.63) is 46.7 Å². The summed E-state index contributed by atoms with van der Waals surface area (Å²) < 4.78 is 20.4. The Morgan fingerprint density at radius 1 is 1.22 bits per heavy atom. The fourth-order valence-electron chi connectivity index (χ4n) is 5.04. The molecule has 2 aromatic heterocycles. The summed E-state index contributed by atoms with van der Waals surface area (Å²) in [6.07, 6.45) is 0.964. The van der Waals surface area contributed by atoms with E-state index in [1.165, 1.54) is 17.4 Å². The van der Waals surface area contributed by atoms with Gasteiger partial charge in [0.05, 0.1) is 35.0 Å². The van der Waals surface area contributed by atoms with Gasteiger partial charge in [-0.3, -0.25) is 4.79 Å². The molecular weight excluding hydrogens is 499 g/mol. The lowest BCUT2D eigenvalue weighted by Crippen LogP contribution is -2.44. The Morgan fingerprint density at radius 3 is 2.65 bits per heavy atom. The van der Waals surface area contributed by atoms with Gasteiger partial charge in [-0.05, 0) is 44.2 Å². The maximum Gasteiger partial charge on any atom is 0.415 e. The number of halogens is 1. The van der Waals surface area contributed by atoms with E-state index in [-0.39, 0.29) is 11.6 Å². The molecule has 0 radical (unpaired) electrons. The van der Waals surface area contributed by atoms with Crippen LogP contribution in [0.4, 0.5) is 26.5 Å². The molecule has 1 aliphatic carbocycles. The lowest BCUT2D eigenvalue weighted by Gasteiger charge is -2.34. The first kappa shape index (κ1) is 23.6. The monoisotopic (exact) mass is 524 g/mol. The zero-order valence-electron chi connectivity index (χ0n) is 20.3. The number of hydrogen-bond acceptors (Lipinski definition) is 9. The van der Waals surface area contributed by atoms with Crippen molar-refractivity contribution in [2.75, 3.05) is 50.6 Å². The summed E-state index contributed by atoms with van der Waals surface area (Å²) in [6.45, 7) is 3.75. The van der Waals surface area contributed by atoms with Crippen LogP contribution in [0, 0.1) is 5.82 Å². The molecule has 1 spiro atoms. The summed E-state index contributed by atoms with van der Waals surface area (Å²) in [5.74, 6) is -0.423. The number of carbonyl (C=O) groups is 2. The van der Waals surface area contributed by atoms with E-state index >= 15 is 0 Å². The summed E-state index contributed by atoms with van der Waals surface area (Å²) in [5.41, 5.74) is 1.22. The van der Waals surface area contributed by atoms with Crippen LogP contribution in [0.25, 0.3) is 10.6 Å². The fourth-order valence-corrected chi connectivity index (χ4v) is 6.42. The molecule has 0 unspecified atom stereocenters. The molecule has 3 aliphatic rings. The van der Waals surface area contributed by atoms with Gasteiger partial charge in [-0.15, -0.1) is 11.3 Å². The third-order valence-corrected chi connectivity index (χ3v) is 8.54. The zero-order chi connectivity index (χ0) is 25.9. The van der Waals surface area contributed by atoms with E-state index in [1.807, 2.05) is 18.2 Å². The van der Waals surface area contributed by atoms with Crippen molar-refractivity contribution in [1.29, 1.82) is 0 Å². The summed E-state index contributed by atoms with van der Waals surface area (Å²) in [7, 11) is 3.68. The summed E-state index contributed by atoms with van der Waals surface area (Å²) in [6, 6.07) is 7.38. The van der Waals surface area contributed by atoms with Crippen LogP contribution in [-0.4, -0.2) is 77.2 Å². The van der Waals surface area contributed by atoms with Crippen molar-refractivity contribution in [2.24, 2.45) is 0 Å². The molecule has 2 aliphatic heterocycles. The molecule has 10 nitrogen and oxygen atoms in total. The number of piperazine rings is 1. The number of likely N-dealkylation sites (N-methyl/N-ethyl adjacent to an activating group) is 1. The number of nitrogens with zero attached hydrogens (tertiary/aromatic N) is 5. The third-order valence-electron chi connectivity index (χ3n) is 7.21. The average molecular weight is 525 g/mol. The van der Waals surface area contributed by atoms with Gasteiger partial charge in [0.25, 0.3) is 5.91 Å². The highest BCUT2D eigenvalue weighted by atomic mass is 32.1. The maximum absolute atomic E-state index is 14.9. The van der Waals surface area contributed by atoms with Gasteiger partial charge in [0.1, 0.15) is 11.4 Å². The largest absolute Gasteiger partial charge is 0.495 e. The number of imide groups is 1. The van der Waals surface area contributed by atoms with E-state index in [0.29, 0.717) is 39.6 Å². The number of ether oxygens (including phenoxy) is 1. The summed E-state index contributed by atoms with van der Waals surface area (Å²) in [5, 5.41) is 12.7. The predicted octanol–water partition coefficient (Wildman–Crippen LogP) is 3.97. The van der Waals surface area contributed by atoms with Gasteiger partial charge in [0, 0.05) is 36.7 Å². The fraction of sp³-hybridized carbons (Fsp3) is 0.360. The highest BCUT2D eigenvalue weighted by Crippen LogP contribution is 2.59. The topological polar surface area (TPSA) is 111 Å². The van der Waals surface area contributed by atoms with Crippen LogP contribution in [0.15, 0.2) is 30.5 Å². The van der Waals surface area contributed by atoms with Crippen molar-refractivity contribution in [1.82, 2.24) is 19.8 Å². The van der Waals surface area contributed by atoms with E-state index in [0.717, 1.165) is 43.0 Å². The minimum atomic E-state index is -1.26. The number of fused-ring (bicyclic) bond motifs is 2. The van der Waals surface area contributed by atoms with Crippen molar-refractivity contribution in [3.8, 4) is 16.3 Å². The molecule has 3 aromatic rings. The molecule has 1 aromatic carbocycles. The number of hydrogen-bond donors (Lipinski definition) is 2. The van der Waals surface area contributed by atoms with Crippen LogP contribution in [0.5, 0.6) is 5.75 Å². The summed E-state index contributed by atoms with van der Waals surface area (Å²) >= 11 is 1.21. The van der Waals surface area contributed by atoms with Gasteiger partial charge in [0.2, 0.25) is 5.95 Å². The second-order valence-corrected chi connectivity index (χ2v) is 10.6. The number of benzene rings is 1. The van der Waals surface area contributed by atoms with Crippen LogP contribution in [0.3, 0.4) is 0 Å². The Balaban J connectivity index is 1.30. The highest BCUT2D eigenvalue weighted by molar-refractivity contribution is 7.16. The van der Waals surface area contributed by atoms with Gasteiger partial charge < -0.3 is 25.0 Å². The maximum atomic E-state index is 14.9. The normalized spacial score (nSPS) is 18.3. The smallest absolute Gasteiger partial charge is 0.415 e. The van der Waals surface area contributed by atoms with Gasteiger partial charge >= 0.3 is 6.09 Å². The van der Waals surface area contributed by atoms with Gasteiger partial charge in [0.15, 0.2) is 5.82 Å². The molecule has 6 rings (SSSR count). The number of rotatable bonds is 5. The minimum absolute atomic E-state index is 0.0524. The molecule has 0 bridgehead atoms. The Kier molecular flexibility index (Phi) is 5.53. The van der Waals surface area contributed by atoms with E-state index in [4.69, 9.17) is 4.74 Å². The molecule has 0 atom stereocenters. The molecule has 4 heterocycles. The Hall–Kier alpha value is -3.77. The molecule has 192 valence electrons. The number of carbonyl (C=O) groups excluding carboxylic acids is 1. The second kappa shape index (κ2) is 8.67. The van der Waals surface area contributed by atoms with Crippen LogP contribution < -0.4 is 15.0 Å². The first-order valence-electron chi connectivity index (χ1n) is 11.9. The van der Waals surface area contributed by atoms with Crippen molar-refractivity contribution in [2.45, 2.75) is 18.4 Å². The van der Waals surface area contributed by atoms with Gasteiger partial charge in [-0.2, -0.15) is 0 Å². The van der Waals surface area contributed by atoms with Crippen molar-refractivity contribution < 1.29 is 23.8 Å². The highest BCUT2D eigenvalue weighted by Gasteiger charge is 2.62. The van der Waals surface area contributed by atoms with E-state index in [1.54, 1.807) is 7.11 Å². The van der Waals surface area contributed by atoms with E-state index < -0.39 is 23.4 Å². The van der Waals surface area contributed by atoms with Crippen molar-refractivity contribution >= 4 is 40.7 Å². The number of anilines is 3. The van der Waals surface area contributed by atoms with E-state index in [9.17, 15) is 19.1 Å². The quantitative estimate of drug-likeness (QED) is 0.512. The molecule has 37 heavy (non-hydrogen) atoms. The Morgan fingerprint density at radius 2 is 1.97 bits per heavy atom. The lowest BCUT2D eigenvalue weighted by atomic mass is 10.2. The Bertz CT molecular complexity index is 1420. The molecule has 2 N–H and O–H groups in total. The van der Waals surface area contributed by atoms with Crippen LogP contribution >= 0.6 is 11.3 Å². The number of methoxy groups -OCH3 is 1. The number of nitrogens with one attached hydrogen (secondary N) is 1. The summed E-state index contributed by atoms with van der Waals surface area (Å²) in [4.78, 5) is 39.6. The number of amides is 2. The molecule has 2 fully saturated rings. The molecule has 1 saturated heterocycles. The van der Waals surface area contributed by atoms with Crippen molar-refractivity contribution in [3.63, 3.8) is 0 Å². The molecular formula is C25H25FN6O4S. The first-order valence-corrected chi connectivity index (χ1v) is 12.8. The SMILES string of the molecule is COc1ccc(N2CCN(C)CC2)cc1Nc1ncc(F)c(-c2cc3c(s2)C2(CC2)N(C(=O)O)C3=O)n1. The number of carboxylic acid groups (broad SMARTS) is 1. The minimum Gasteiger partial charge on any atom is -0.495 e. The molecule has 2 amide bonds. The molecule has 12 heteroatoms. The van der Waals surface area contributed by atoms with Crippen LogP contribution in [-0.2, 0) is 5.54 Å². The molecule has 1 saturated carbocycles. The second-order valence-electron chi connectivity index (χ2n) is 9.50. The van der Waals surface area contributed by atoms with Gasteiger partial charge in [-0.1, -0.05) is 0 Å². The standard InChI is InChI=1S/C25H25FN6O4S/c1-30-7-9-31(10-8-30)14-3-4-18(36-2)17(11-14)28-23-27-13-16(26)20(29-23)19-12-15-21(37-19)25(5-6-25)32(22(15)33)24(34)35/h3-4,11-13H,5-10H2,1-2H3,(H,34,35)(H,27,28,29). The number of thiophene rings is 1. The van der Waals surface area contributed by atoms with E-state index in [2.05, 4.69) is 32.1 Å².